The topological polar surface area (TPSA) is 32.3 Å². The van der Waals surface area contributed by atoms with Crippen LogP contribution in [0.15, 0.2) is 42.5 Å². The number of halogens is 1. The molecule has 2 aromatic rings. The van der Waals surface area contributed by atoms with E-state index in [1.54, 1.807) is 0 Å². The second-order valence-corrected chi connectivity index (χ2v) is 6.49. The Morgan fingerprint density at radius 1 is 1.12 bits per heavy atom. The third-order valence-electron chi connectivity index (χ3n) is 4.82. The van der Waals surface area contributed by atoms with Crippen LogP contribution in [-0.2, 0) is 11.2 Å². The van der Waals surface area contributed by atoms with Gasteiger partial charge in [-0.05, 0) is 48.2 Å². The molecule has 0 unspecified atom stereocenters. The maximum absolute atomic E-state index is 12.5. The van der Waals surface area contributed by atoms with E-state index in [9.17, 15) is 4.79 Å². The highest BCUT2D eigenvalue weighted by molar-refractivity contribution is 5.86. The Bertz CT molecular complexity index is 665. The predicted molar refractivity (Wildman–Crippen MR) is 103 cm³/mol. The van der Waals surface area contributed by atoms with Crippen molar-refractivity contribution in [3.63, 3.8) is 0 Å². The van der Waals surface area contributed by atoms with Crippen molar-refractivity contribution >= 4 is 29.1 Å². The zero-order valence-corrected chi connectivity index (χ0v) is 15.1. The molecule has 3 rings (SSSR count). The first-order chi connectivity index (χ1) is 11.3. The Labute approximate surface area is 150 Å². The number of carbonyl (C=O) groups excluding carboxylic acids is 1. The number of hydrogen-bond acceptors (Lipinski definition) is 2. The molecule has 1 N–H and O–H groups in total. The van der Waals surface area contributed by atoms with Crippen LogP contribution in [0.2, 0.25) is 0 Å². The molecule has 0 saturated carbocycles. The van der Waals surface area contributed by atoms with Gasteiger partial charge in [-0.3, -0.25) is 4.79 Å². The summed E-state index contributed by atoms with van der Waals surface area (Å²) in [6, 6.07) is 14.6. The predicted octanol–water partition coefficient (Wildman–Crippen LogP) is 3.65. The van der Waals surface area contributed by atoms with Crippen molar-refractivity contribution in [2.45, 2.75) is 26.2 Å². The normalized spacial score (nSPS) is 15.3. The van der Waals surface area contributed by atoms with Gasteiger partial charge in [0.25, 0.3) is 0 Å². The minimum Gasteiger partial charge on any atom is -0.342 e. The SMILES string of the molecule is CCNCC1CCN(C(=O)Cc2ccc3ccccc3c2)CC1.Cl. The molecule has 1 aliphatic rings. The van der Waals surface area contributed by atoms with Gasteiger partial charge in [0, 0.05) is 13.1 Å². The van der Waals surface area contributed by atoms with Crippen LogP contribution in [0.3, 0.4) is 0 Å². The minimum absolute atomic E-state index is 0. The third kappa shape index (κ3) is 4.71. The molecule has 0 spiro atoms. The maximum Gasteiger partial charge on any atom is 0.226 e. The molecule has 0 aromatic heterocycles. The summed E-state index contributed by atoms with van der Waals surface area (Å²) in [5.41, 5.74) is 1.11. The van der Waals surface area contributed by atoms with Gasteiger partial charge in [-0.25, -0.2) is 0 Å². The Morgan fingerprint density at radius 2 is 1.83 bits per heavy atom. The summed E-state index contributed by atoms with van der Waals surface area (Å²) in [6.07, 6.45) is 2.76. The summed E-state index contributed by atoms with van der Waals surface area (Å²) < 4.78 is 0. The molecule has 1 amide bonds. The summed E-state index contributed by atoms with van der Waals surface area (Å²) in [7, 11) is 0. The van der Waals surface area contributed by atoms with Gasteiger partial charge in [-0.2, -0.15) is 0 Å². The molecule has 0 atom stereocenters. The molecular weight excluding hydrogens is 320 g/mol. The largest absolute Gasteiger partial charge is 0.342 e. The third-order valence-corrected chi connectivity index (χ3v) is 4.82. The Kier molecular flexibility index (Phi) is 7.07. The van der Waals surface area contributed by atoms with Crippen molar-refractivity contribution in [3.05, 3.63) is 48.0 Å². The van der Waals surface area contributed by atoms with Crippen molar-refractivity contribution in [2.75, 3.05) is 26.2 Å². The summed E-state index contributed by atoms with van der Waals surface area (Å²) in [4.78, 5) is 14.6. The van der Waals surface area contributed by atoms with E-state index < -0.39 is 0 Å². The Hall–Kier alpha value is -1.58. The molecule has 1 heterocycles. The number of carbonyl (C=O) groups is 1. The molecule has 0 radical (unpaired) electrons. The van der Waals surface area contributed by atoms with E-state index in [0.29, 0.717) is 6.42 Å². The van der Waals surface area contributed by atoms with E-state index in [2.05, 4.69) is 42.6 Å². The van der Waals surface area contributed by atoms with Gasteiger partial charge in [0.05, 0.1) is 6.42 Å². The molecule has 130 valence electrons. The molecule has 1 fully saturated rings. The second kappa shape index (κ2) is 9.05. The van der Waals surface area contributed by atoms with Crippen LogP contribution in [0, 0.1) is 5.92 Å². The van der Waals surface area contributed by atoms with E-state index in [1.807, 2.05) is 17.0 Å². The maximum atomic E-state index is 12.5. The number of fused-ring (bicyclic) bond motifs is 1. The summed E-state index contributed by atoms with van der Waals surface area (Å²) >= 11 is 0. The van der Waals surface area contributed by atoms with Crippen molar-refractivity contribution in [3.8, 4) is 0 Å². The molecule has 2 aromatic carbocycles. The van der Waals surface area contributed by atoms with Crippen molar-refractivity contribution in [1.82, 2.24) is 10.2 Å². The van der Waals surface area contributed by atoms with Crippen LogP contribution >= 0.6 is 12.4 Å². The van der Waals surface area contributed by atoms with Crippen LogP contribution in [-0.4, -0.2) is 37.0 Å². The van der Waals surface area contributed by atoms with Crippen LogP contribution in [0.25, 0.3) is 10.8 Å². The highest BCUT2D eigenvalue weighted by Gasteiger charge is 2.22. The number of piperidine rings is 1. The summed E-state index contributed by atoms with van der Waals surface area (Å²) in [5.74, 6) is 0.988. The molecule has 4 heteroatoms. The van der Waals surface area contributed by atoms with Gasteiger partial charge in [0.2, 0.25) is 5.91 Å². The fraction of sp³-hybridized carbons (Fsp3) is 0.450. The highest BCUT2D eigenvalue weighted by atomic mass is 35.5. The molecule has 0 aliphatic carbocycles. The molecule has 0 bridgehead atoms. The quantitative estimate of drug-likeness (QED) is 0.896. The number of rotatable bonds is 5. The lowest BCUT2D eigenvalue weighted by Gasteiger charge is -2.32. The van der Waals surface area contributed by atoms with E-state index in [-0.39, 0.29) is 18.3 Å². The Balaban J connectivity index is 0.00000208. The van der Waals surface area contributed by atoms with Crippen molar-refractivity contribution in [1.29, 1.82) is 0 Å². The first-order valence-corrected chi connectivity index (χ1v) is 8.72. The lowest BCUT2D eigenvalue weighted by atomic mass is 9.96. The average molecular weight is 347 g/mol. The average Bonchev–Trinajstić information content (AvgIpc) is 2.60. The number of benzene rings is 2. The van der Waals surface area contributed by atoms with Gasteiger partial charge >= 0.3 is 0 Å². The van der Waals surface area contributed by atoms with E-state index in [1.165, 1.54) is 10.8 Å². The number of hydrogen-bond donors (Lipinski definition) is 1. The van der Waals surface area contributed by atoms with E-state index >= 15 is 0 Å². The number of nitrogens with zero attached hydrogens (tertiary/aromatic N) is 1. The van der Waals surface area contributed by atoms with Crippen molar-refractivity contribution in [2.24, 2.45) is 5.92 Å². The second-order valence-electron chi connectivity index (χ2n) is 6.49. The standard InChI is InChI=1S/C20H26N2O.ClH/c1-2-21-15-16-9-11-22(12-10-16)20(23)14-17-7-8-18-5-3-4-6-19(18)13-17;/h3-8,13,16,21H,2,9-12,14-15H2,1H3;1H. The zero-order chi connectivity index (χ0) is 16.1. The molecule has 24 heavy (non-hydrogen) atoms. The van der Waals surface area contributed by atoms with Crippen LogP contribution < -0.4 is 5.32 Å². The number of likely N-dealkylation sites (tertiary alicyclic amines) is 1. The van der Waals surface area contributed by atoms with Gasteiger partial charge in [0.15, 0.2) is 0 Å². The van der Waals surface area contributed by atoms with E-state index in [4.69, 9.17) is 0 Å². The fourth-order valence-corrected chi connectivity index (χ4v) is 3.37. The minimum atomic E-state index is 0. The fourth-order valence-electron chi connectivity index (χ4n) is 3.37. The van der Waals surface area contributed by atoms with Gasteiger partial charge in [-0.1, -0.05) is 49.4 Å². The summed E-state index contributed by atoms with van der Waals surface area (Å²) in [6.45, 7) is 6.07. The number of nitrogens with one attached hydrogen (secondary N) is 1. The van der Waals surface area contributed by atoms with Crippen LogP contribution in [0.1, 0.15) is 25.3 Å². The van der Waals surface area contributed by atoms with Crippen molar-refractivity contribution < 1.29 is 4.79 Å². The summed E-state index contributed by atoms with van der Waals surface area (Å²) in [5, 5.41) is 5.86. The first kappa shape index (κ1) is 18.8. The molecule has 3 nitrogen and oxygen atoms in total. The van der Waals surface area contributed by atoms with Gasteiger partial charge < -0.3 is 10.2 Å². The van der Waals surface area contributed by atoms with Crippen LogP contribution in [0.4, 0.5) is 0 Å². The van der Waals surface area contributed by atoms with Gasteiger partial charge in [0.1, 0.15) is 0 Å². The zero-order valence-electron chi connectivity index (χ0n) is 14.3. The van der Waals surface area contributed by atoms with Gasteiger partial charge in [-0.15, -0.1) is 12.4 Å². The van der Waals surface area contributed by atoms with Crippen LogP contribution in [0.5, 0.6) is 0 Å². The smallest absolute Gasteiger partial charge is 0.226 e. The molecular formula is C20H27ClN2O. The highest BCUT2D eigenvalue weighted by Crippen LogP contribution is 2.19. The Morgan fingerprint density at radius 3 is 2.54 bits per heavy atom. The first-order valence-electron chi connectivity index (χ1n) is 8.72. The molecule has 1 aliphatic heterocycles. The lowest BCUT2D eigenvalue weighted by Crippen LogP contribution is -2.41. The molecule has 1 saturated heterocycles. The lowest BCUT2D eigenvalue weighted by molar-refractivity contribution is -0.131. The number of amides is 1. The van der Waals surface area contributed by atoms with E-state index in [0.717, 1.165) is 50.5 Å². The monoisotopic (exact) mass is 346 g/mol.